The molecule has 1 N–H and O–H groups in total. The van der Waals surface area contributed by atoms with Gasteiger partial charge in [0.25, 0.3) is 0 Å². The van der Waals surface area contributed by atoms with Gasteiger partial charge in [-0.25, -0.2) is 0 Å². The SMILES string of the molecule is CC(CO)N(C)C1c2ccccc2-c2ccccc21. The third-order valence-corrected chi connectivity index (χ3v) is 4.17. The van der Waals surface area contributed by atoms with Crippen molar-refractivity contribution in [1.82, 2.24) is 4.90 Å². The van der Waals surface area contributed by atoms with E-state index in [1.54, 1.807) is 0 Å². The molecule has 0 bridgehead atoms. The highest BCUT2D eigenvalue weighted by atomic mass is 16.3. The van der Waals surface area contributed by atoms with Gasteiger partial charge in [-0.1, -0.05) is 48.5 Å². The summed E-state index contributed by atoms with van der Waals surface area (Å²) >= 11 is 0. The van der Waals surface area contributed by atoms with E-state index in [9.17, 15) is 5.11 Å². The molecule has 2 heteroatoms. The number of nitrogens with zero attached hydrogens (tertiary/aromatic N) is 1. The van der Waals surface area contributed by atoms with E-state index in [4.69, 9.17) is 0 Å². The van der Waals surface area contributed by atoms with Gasteiger partial charge in [-0.15, -0.1) is 0 Å². The monoisotopic (exact) mass is 253 g/mol. The molecular formula is C17H19NO. The molecule has 1 unspecified atom stereocenters. The van der Waals surface area contributed by atoms with Crippen molar-refractivity contribution < 1.29 is 5.11 Å². The number of aliphatic hydroxyl groups excluding tert-OH is 1. The number of hydrogen-bond donors (Lipinski definition) is 1. The van der Waals surface area contributed by atoms with Gasteiger partial charge in [0.1, 0.15) is 0 Å². The normalized spacial score (nSPS) is 15.4. The van der Waals surface area contributed by atoms with Crippen LogP contribution >= 0.6 is 0 Å². The molecule has 1 aliphatic carbocycles. The molecule has 19 heavy (non-hydrogen) atoms. The Morgan fingerprint density at radius 3 is 1.95 bits per heavy atom. The zero-order valence-electron chi connectivity index (χ0n) is 11.4. The van der Waals surface area contributed by atoms with Crippen molar-refractivity contribution in [2.75, 3.05) is 13.7 Å². The Hall–Kier alpha value is -1.64. The highest BCUT2D eigenvalue weighted by molar-refractivity contribution is 5.78. The molecule has 1 aliphatic rings. The smallest absolute Gasteiger partial charge is 0.0614 e. The van der Waals surface area contributed by atoms with Gasteiger partial charge in [0, 0.05) is 6.04 Å². The lowest BCUT2D eigenvalue weighted by atomic mass is 10.0. The van der Waals surface area contributed by atoms with E-state index in [2.05, 4.69) is 67.4 Å². The molecule has 2 aromatic carbocycles. The lowest BCUT2D eigenvalue weighted by Gasteiger charge is -2.31. The van der Waals surface area contributed by atoms with E-state index >= 15 is 0 Å². The number of fused-ring (bicyclic) bond motifs is 3. The Morgan fingerprint density at radius 1 is 1.00 bits per heavy atom. The minimum Gasteiger partial charge on any atom is -0.395 e. The third-order valence-electron chi connectivity index (χ3n) is 4.17. The summed E-state index contributed by atoms with van der Waals surface area (Å²) in [6.45, 7) is 2.24. The van der Waals surface area contributed by atoms with E-state index in [1.807, 2.05) is 0 Å². The van der Waals surface area contributed by atoms with Crippen LogP contribution in [0.1, 0.15) is 24.1 Å². The van der Waals surface area contributed by atoms with E-state index in [0.29, 0.717) is 0 Å². The Kier molecular flexibility index (Phi) is 3.13. The van der Waals surface area contributed by atoms with Gasteiger partial charge in [0.05, 0.1) is 12.6 Å². The Labute approximate surface area is 114 Å². The van der Waals surface area contributed by atoms with Crippen LogP contribution in [0, 0.1) is 0 Å². The minimum atomic E-state index is 0.143. The van der Waals surface area contributed by atoms with Crippen LogP contribution in [-0.2, 0) is 0 Å². The molecular weight excluding hydrogens is 234 g/mol. The Balaban J connectivity index is 2.15. The van der Waals surface area contributed by atoms with Crippen LogP contribution in [0.4, 0.5) is 0 Å². The maximum atomic E-state index is 9.42. The second-order valence-corrected chi connectivity index (χ2v) is 5.27. The second-order valence-electron chi connectivity index (χ2n) is 5.27. The summed E-state index contributed by atoms with van der Waals surface area (Å²) in [6, 6.07) is 17.5. The van der Waals surface area contributed by atoms with E-state index in [0.717, 1.165) is 0 Å². The highest BCUT2D eigenvalue weighted by Crippen LogP contribution is 2.46. The molecule has 0 heterocycles. The fourth-order valence-corrected chi connectivity index (χ4v) is 2.95. The topological polar surface area (TPSA) is 23.5 Å². The molecule has 0 saturated carbocycles. The Morgan fingerprint density at radius 2 is 1.47 bits per heavy atom. The van der Waals surface area contributed by atoms with Crippen LogP contribution in [0.2, 0.25) is 0 Å². The van der Waals surface area contributed by atoms with Gasteiger partial charge in [0.2, 0.25) is 0 Å². The average molecular weight is 253 g/mol. The summed E-state index contributed by atoms with van der Waals surface area (Å²) in [5.41, 5.74) is 5.32. The highest BCUT2D eigenvalue weighted by Gasteiger charge is 2.32. The van der Waals surface area contributed by atoms with Crippen LogP contribution in [0.25, 0.3) is 11.1 Å². The lowest BCUT2D eigenvalue weighted by molar-refractivity contribution is 0.136. The molecule has 1 atom stereocenters. The van der Waals surface area contributed by atoms with Gasteiger partial charge in [-0.3, -0.25) is 4.90 Å². The lowest BCUT2D eigenvalue weighted by Crippen LogP contribution is -2.35. The fourth-order valence-electron chi connectivity index (χ4n) is 2.95. The summed E-state index contributed by atoms with van der Waals surface area (Å²) in [7, 11) is 2.09. The van der Waals surface area contributed by atoms with Gasteiger partial charge in [0.15, 0.2) is 0 Å². The third kappa shape index (κ3) is 1.88. The predicted molar refractivity (Wildman–Crippen MR) is 78.0 cm³/mol. The Bertz CT molecular complexity index is 548. The van der Waals surface area contributed by atoms with Crippen LogP contribution in [0.3, 0.4) is 0 Å². The predicted octanol–water partition coefficient (Wildman–Crippen LogP) is 3.07. The fraction of sp³-hybridized carbons (Fsp3) is 0.294. The molecule has 98 valence electrons. The van der Waals surface area contributed by atoms with Gasteiger partial charge >= 0.3 is 0 Å². The van der Waals surface area contributed by atoms with Crippen molar-refractivity contribution in [3.63, 3.8) is 0 Å². The number of aliphatic hydroxyl groups is 1. The van der Waals surface area contributed by atoms with Crippen LogP contribution < -0.4 is 0 Å². The first-order chi connectivity index (χ1) is 9.24. The molecule has 2 nitrogen and oxygen atoms in total. The van der Waals surface area contributed by atoms with Crippen LogP contribution in [0.15, 0.2) is 48.5 Å². The molecule has 0 aromatic heterocycles. The maximum absolute atomic E-state index is 9.42. The number of benzene rings is 2. The van der Waals surface area contributed by atoms with E-state index in [-0.39, 0.29) is 18.7 Å². The van der Waals surface area contributed by atoms with Crippen molar-refractivity contribution in [3.8, 4) is 11.1 Å². The summed E-state index contributed by atoms with van der Waals surface area (Å²) in [4.78, 5) is 2.25. The number of rotatable bonds is 3. The van der Waals surface area contributed by atoms with Crippen LogP contribution in [-0.4, -0.2) is 29.7 Å². The summed E-state index contributed by atoms with van der Waals surface area (Å²) in [5.74, 6) is 0. The van der Waals surface area contributed by atoms with Crippen molar-refractivity contribution in [2.45, 2.75) is 19.0 Å². The first-order valence-electron chi connectivity index (χ1n) is 6.75. The van der Waals surface area contributed by atoms with Crippen molar-refractivity contribution in [2.24, 2.45) is 0 Å². The first-order valence-corrected chi connectivity index (χ1v) is 6.75. The molecule has 0 spiro atoms. The molecule has 0 fully saturated rings. The van der Waals surface area contributed by atoms with Gasteiger partial charge in [-0.2, -0.15) is 0 Å². The van der Waals surface area contributed by atoms with Gasteiger partial charge < -0.3 is 5.11 Å². The standard InChI is InChI=1S/C17H19NO/c1-12(11-19)18(2)17-15-9-5-3-7-13(15)14-8-4-6-10-16(14)17/h3-10,12,17,19H,11H2,1-2H3. The summed E-state index contributed by atoms with van der Waals surface area (Å²) in [5, 5.41) is 9.42. The molecule has 0 amide bonds. The second kappa shape index (κ2) is 4.80. The summed E-state index contributed by atoms with van der Waals surface area (Å²) < 4.78 is 0. The quantitative estimate of drug-likeness (QED) is 0.908. The molecule has 0 radical (unpaired) electrons. The largest absolute Gasteiger partial charge is 0.395 e. The first kappa shape index (κ1) is 12.4. The van der Waals surface area contributed by atoms with Crippen molar-refractivity contribution in [1.29, 1.82) is 0 Å². The van der Waals surface area contributed by atoms with E-state index < -0.39 is 0 Å². The van der Waals surface area contributed by atoms with Gasteiger partial charge in [-0.05, 0) is 36.2 Å². The average Bonchev–Trinajstić information content (AvgIpc) is 2.80. The van der Waals surface area contributed by atoms with Crippen molar-refractivity contribution >= 4 is 0 Å². The zero-order chi connectivity index (χ0) is 13.4. The molecule has 0 aliphatic heterocycles. The number of hydrogen-bond acceptors (Lipinski definition) is 2. The maximum Gasteiger partial charge on any atom is 0.0614 e. The molecule has 0 saturated heterocycles. The van der Waals surface area contributed by atoms with Crippen LogP contribution in [0.5, 0.6) is 0 Å². The number of likely N-dealkylation sites (N-methyl/N-ethyl adjacent to an activating group) is 1. The summed E-state index contributed by atoms with van der Waals surface area (Å²) in [6.07, 6.45) is 0. The molecule has 3 rings (SSSR count). The van der Waals surface area contributed by atoms with E-state index in [1.165, 1.54) is 22.3 Å². The van der Waals surface area contributed by atoms with Crippen molar-refractivity contribution in [3.05, 3.63) is 59.7 Å². The molecule has 2 aromatic rings. The zero-order valence-corrected chi connectivity index (χ0v) is 11.4. The minimum absolute atomic E-state index is 0.143.